The number of carboxylic acid groups (broad SMARTS) is 1. The van der Waals surface area contributed by atoms with Crippen LogP contribution < -0.4 is 0 Å². The third kappa shape index (κ3) is 5.50. The van der Waals surface area contributed by atoms with Crippen LogP contribution in [0.1, 0.15) is 12.8 Å². The fraction of sp³-hybridized carbons (Fsp3) is 0.750. The van der Waals surface area contributed by atoms with E-state index in [1.54, 1.807) is 0 Å². The quantitative estimate of drug-likeness (QED) is 0.277. The second-order valence-corrected chi connectivity index (χ2v) is 2.60. The molecule has 0 rings (SSSR count). The van der Waals surface area contributed by atoms with E-state index in [0.29, 0.717) is 0 Å². The van der Waals surface area contributed by atoms with E-state index in [1.807, 2.05) is 0 Å². The molecule has 0 amide bonds. The summed E-state index contributed by atoms with van der Waals surface area (Å²) in [7, 11) is 2.55. The molecular formula is C8H14O6. The lowest BCUT2D eigenvalue weighted by Gasteiger charge is -2.11. The summed E-state index contributed by atoms with van der Waals surface area (Å²) < 4.78 is 4.45. The topological polar surface area (TPSA) is 82.1 Å². The van der Waals surface area contributed by atoms with E-state index in [9.17, 15) is 9.59 Å². The molecule has 0 heterocycles. The van der Waals surface area contributed by atoms with Gasteiger partial charge in [0.25, 0.3) is 0 Å². The summed E-state index contributed by atoms with van der Waals surface area (Å²) in [6.45, 7) is 0.156. The Morgan fingerprint density at radius 2 is 2.00 bits per heavy atom. The zero-order chi connectivity index (χ0) is 11.0. The van der Waals surface area contributed by atoms with Crippen molar-refractivity contribution < 1.29 is 29.2 Å². The van der Waals surface area contributed by atoms with Crippen LogP contribution in [0.15, 0.2) is 0 Å². The van der Waals surface area contributed by atoms with Crippen molar-refractivity contribution in [3.63, 3.8) is 0 Å². The standard InChI is InChI=1S/C8H14O6/c1-12-8(11)6(5-7(9)10)3-4-14-13-2/h6H,3-5H2,1-2H3,(H,9,10). The summed E-state index contributed by atoms with van der Waals surface area (Å²) in [5.41, 5.74) is 0. The SMILES string of the molecule is COOCCC(CC(=O)O)C(=O)OC. The third-order valence-corrected chi connectivity index (χ3v) is 1.62. The number of carbonyl (C=O) groups excluding carboxylic acids is 1. The van der Waals surface area contributed by atoms with Crippen LogP contribution in [0, 0.1) is 5.92 Å². The molecule has 0 aliphatic carbocycles. The Hall–Kier alpha value is -1.14. The van der Waals surface area contributed by atoms with Gasteiger partial charge in [0.1, 0.15) is 0 Å². The van der Waals surface area contributed by atoms with Crippen molar-refractivity contribution in [3.8, 4) is 0 Å². The molecule has 0 aromatic carbocycles. The molecule has 0 spiro atoms. The van der Waals surface area contributed by atoms with Crippen LogP contribution >= 0.6 is 0 Å². The number of carbonyl (C=O) groups is 2. The summed E-state index contributed by atoms with van der Waals surface area (Å²) in [6, 6.07) is 0. The predicted molar refractivity (Wildman–Crippen MR) is 45.3 cm³/mol. The normalized spacial score (nSPS) is 12.1. The Kier molecular flexibility index (Phi) is 6.69. The van der Waals surface area contributed by atoms with Crippen molar-refractivity contribution in [1.82, 2.24) is 0 Å². The molecule has 82 valence electrons. The molecule has 14 heavy (non-hydrogen) atoms. The van der Waals surface area contributed by atoms with Gasteiger partial charge in [-0.15, -0.1) is 0 Å². The van der Waals surface area contributed by atoms with E-state index in [4.69, 9.17) is 5.11 Å². The predicted octanol–water partition coefficient (Wildman–Crippen LogP) is 0.218. The smallest absolute Gasteiger partial charge is 0.309 e. The molecule has 0 saturated carbocycles. The highest BCUT2D eigenvalue weighted by atomic mass is 17.2. The van der Waals surface area contributed by atoms with Gasteiger partial charge in [0, 0.05) is 0 Å². The van der Waals surface area contributed by atoms with Gasteiger partial charge in [-0.25, -0.2) is 9.78 Å². The van der Waals surface area contributed by atoms with E-state index in [2.05, 4.69) is 14.5 Å². The lowest BCUT2D eigenvalue weighted by molar-refractivity contribution is -0.274. The van der Waals surface area contributed by atoms with Gasteiger partial charge in [-0.2, -0.15) is 0 Å². The zero-order valence-electron chi connectivity index (χ0n) is 8.19. The summed E-state index contributed by atoms with van der Waals surface area (Å²) >= 11 is 0. The van der Waals surface area contributed by atoms with Crippen LogP contribution in [0.3, 0.4) is 0 Å². The molecule has 0 aromatic heterocycles. The fourth-order valence-corrected chi connectivity index (χ4v) is 0.954. The average molecular weight is 206 g/mol. The van der Waals surface area contributed by atoms with Gasteiger partial charge in [0.15, 0.2) is 0 Å². The number of methoxy groups -OCH3 is 1. The molecular weight excluding hydrogens is 192 g/mol. The zero-order valence-corrected chi connectivity index (χ0v) is 8.19. The van der Waals surface area contributed by atoms with Gasteiger partial charge >= 0.3 is 11.9 Å². The first-order valence-electron chi connectivity index (χ1n) is 4.07. The van der Waals surface area contributed by atoms with Crippen molar-refractivity contribution in [2.24, 2.45) is 5.92 Å². The van der Waals surface area contributed by atoms with Crippen LogP contribution in [0.5, 0.6) is 0 Å². The summed E-state index contributed by atoms with van der Waals surface area (Å²) in [4.78, 5) is 30.3. The minimum Gasteiger partial charge on any atom is -0.481 e. The maximum absolute atomic E-state index is 11.1. The second kappa shape index (κ2) is 7.28. The number of ether oxygens (including phenoxy) is 1. The van der Waals surface area contributed by atoms with Crippen molar-refractivity contribution in [2.45, 2.75) is 12.8 Å². The molecule has 0 saturated heterocycles. The van der Waals surface area contributed by atoms with Gasteiger partial charge in [0.05, 0.1) is 33.2 Å². The first-order chi connectivity index (χ1) is 6.61. The van der Waals surface area contributed by atoms with Gasteiger partial charge < -0.3 is 9.84 Å². The Morgan fingerprint density at radius 1 is 1.36 bits per heavy atom. The summed E-state index contributed by atoms with van der Waals surface area (Å²) in [5, 5.41) is 8.50. The molecule has 0 radical (unpaired) electrons. The molecule has 0 aliphatic rings. The van der Waals surface area contributed by atoms with E-state index in [0.717, 1.165) is 0 Å². The van der Waals surface area contributed by atoms with E-state index < -0.39 is 17.9 Å². The highest BCUT2D eigenvalue weighted by molar-refractivity contribution is 5.78. The number of carboxylic acids is 1. The van der Waals surface area contributed by atoms with Crippen LogP contribution in [0.4, 0.5) is 0 Å². The van der Waals surface area contributed by atoms with Crippen molar-refractivity contribution in [2.75, 3.05) is 20.8 Å². The van der Waals surface area contributed by atoms with Crippen LogP contribution in [-0.2, 0) is 24.1 Å². The molecule has 1 N–H and O–H groups in total. The number of aliphatic carboxylic acids is 1. The highest BCUT2D eigenvalue weighted by Crippen LogP contribution is 2.10. The third-order valence-electron chi connectivity index (χ3n) is 1.62. The summed E-state index contributed by atoms with van der Waals surface area (Å²) in [5.74, 6) is -2.28. The van der Waals surface area contributed by atoms with Crippen molar-refractivity contribution in [3.05, 3.63) is 0 Å². The maximum Gasteiger partial charge on any atom is 0.309 e. The fourth-order valence-electron chi connectivity index (χ4n) is 0.954. The van der Waals surface area contributed by atoms with Gasteiger partial charge in [-0.05, 0) is 6.42 Å². The Bertz CT molecular complexity index is 190. The van der Waals surface area contributed by atoms with E-state index in [1.165, 1.54) is 14.2 Å². The lowest BCUT2D eigenvalue weighted by Crippen LogP contribution is -2.21. The average Bonchev–Trinajstić information content (AvgIpc) is 2.15. The largest absolute Gasteiger partial charge is 0.481 e. The molecule has 0 aliphatic heterocycles. The Labute approximate surface area is 81.7 Å². The number of hydrogen-bond donors (Lipinski definition) is 1. The minimum atomic E-state index is -1.04. The van der Waals surface area contributed by atoms with Gasteiger partial charge in [-0.1, -0.05) is 0 Å². The molecule has 0 aromatic rings. The Morgan fingerprint density at radius 3 is 2.43 bits per heavy atom. The molecule has 6 heteroatoms. The molecule has 1 atom stereocenters. The van der Waals surface area contributed by atoms with Crippen molar-refractivity contribution in [1.29, 1.82) is 0 Å². The maximum atomic E-state index is 11.1. The van der Waals surface area contributed by atoms with E-state index in [-0.39, 0.29) is 19.4 Å². The molecule has 0 bridgehead atoms. The molecule has 0 fully saturated rings. The number of hydrogen-bond acceptors (Lipinski definition) is 5. The monoisotopic (exact) mass is 206 g/mol. The van der Waals surface area contributed by atoms with E-state index >= 15 is 0 Å². The molecule has 6 nitrogen and oxygen atoms in total. The first-order valence-corrected chi connectivity index (χ1v) is 4.07. The summed E-state index contributed by atoms with van der Waals surface area (Å²) in [6.07, 6.45) is -0.00738. The van der Waals surface area contributed by atoms with Crippen LogP contribution in [-0.4, -0.2) is 37.9 Å². The number of rotatable bonds is 7. The first kappa shape index (κ1) is 12.9. The Balaban J connectivity index is 3.97. The van der Waals surface area contributed by atoms with Crippen LogP contribution in [0.25, 0.3) is 0 Å². The van der Waals surface area contributed by atoms with Crippen LogP contribution in [0.2, 0.25) is 0 Å². The minimum absolute atomic E-state index is 0.156. The van der Waals surface area contributed by atoms with Crippen molar-refractivity contribution >= 4 is 11.9 Å². The lowest BCUT2D eigenvalue weighted by atomic mass is 10.0. The highest BCUT2D eigenvalue weighted by Gasteiger charge is 2.22. The van der Waals surface area contributed by atoms with Gasteiger partial charge in [0.2, 0.25) is 0 Å². The van der Waals surface area contributed by atoms with Gasteiger partial charge in [-0.3, -0.25) is 9.59 Å². The number of esters is 1. The second-order valence-electron chi connectivity index (χ2n) is 2.60. The molecule has 1 unspecified atom stereocenters.